The van der Waals surface area contributed by atoms with Crippen molar-refractivity contribution in [3.8, 4) is 10.4 Å². The van der Waals surface area contributed by atoms with Crippen molar-refractivity contribution in [2.75, 3.05) is 13.1 Å². The number of thiophene rings is 1. The summed E-state index contributed by atoms with van der Waals surface area (Å²) in [5, 5.41) is 4.93. The van der Waals surface area contributed by atoms with Crippen LogP contribution in [-0.2, 0) is 12.8 Å². The number of benzene rings is 1. The molecule has 1 aliphatic heterocycles. The molecule has 1 nitrogen and oxygen atoms in total. The molecule has 0 aliphatic carbocycles. The molecule has 94 valence electrons. The van der Waals surface area contributed by atoms with E-state index in [0.29, 0.717) is 0 Å². The first-order valence-electron chi connectivity index (χ1n) is 6.02. The molecule has 0 bridgehead atoms. The lowest BCUT2D eigenvalue weighted by Gasteiger charge is -2.02. The smallest absolute Gasteiger partial charge is 0.0493 e. The summed E-state index contributed by atoms with van der Waals surface area (Å²) in [6.07, 6.45) is 2.21. The van der Waals surface area contributed by atoms with Crippen molar-refractivity contribution in [3.63, 3.8) is 0 Å². The molecule has 18 heavy (non-hydrogen) atoms. The van der Waals surface area contributed by atoms with Gasteiger partial charge in [-0.15, -0.1) is 11.3 Å². The van der Waals surface area contributed by atoms with Crippen molar-refractivity contribution in [2.45, 2.75) is 12.8 Å². The van der Waals surface area contributed by atoms with Gasteiger partial charge >= 0.3 is 0 Å². The molecule has 1 aromatic heterocycles. The average Bonchev–Trinajstić information content (AvgIpc) is 2.63. The van der Waals surface area contributed by atoms with Gasteiger partial charge in [0.25, 0.3) is 0 Å². The summed E-state index contributed by atoms with van der Waals surface area (Å²) in [6, 6.07) is 7.92. The SMILES string of the molecule is Clc1ccc(Cl)c(-c2cc3c(s2)CCNCC3)c1. The van der Waals surface area contributed by atoms with Gasteiger partial charge in [0.15, 0.2) is 0 Å². The van der Waals surface area contributed by atoms with Gasteiger partial charge in [-0.25, -0.2) is 0 Å². The fourth-order valence-corrected chi connectivity index (χ4v) is 3.95. The highest BCUT2D eigenvalue weighted by molar-refractivity contribution is 7.15. The molecule has 4 heteroatoms. The van der Waals surface area contributed by atoms with E-state index in [1.165, 1.54) is 15.3 Å². The van der Waals surface area contributed by atoms with Gasteiger partial charge in [-0.1, -0.05) is 23.2 Å². The van der Waals surface area contributed by atoms with Gasteiger partial charge in [-0.3, -0.25) is 0 Å². The monoisotopic (exact) mass is 297 g/mol. The summed E-state index contributed by atoms with van der Waals surface area (Å²) < 4.78 is 0. The lowest BCUT2D eigenvalue weighted by atomic mass is 10.1. The summed E-state index contributed by atoms with van der Waals surface area (Å²) in [6.45, 7) is 2.13. The number of halogens is 2. The Morgan fingerprint density at radius 3 is 2.78 bits per heavy atom. The van der Waals surface area contributed by atoms with Crippen molar-refractivity contribution in [1.82, 2.24) is 5.32 Å². The minimum atomic E-state index is 0.736. The van der Waals surface area contributed by atoms with Crippen LogP contribution in [0.2, 0.25) is 10.0 Å². The molecule has 1 aromatic carbocycles. The molecule has 2 heterocycles. The van der Waals surface area contributed by atoms with E-state index in [4.69, 9.17) is 23.2 Å². The molecule has 1 aliphatic rings. The second-order valence-corrected chi connectivity index (χ2v) is 6.41. The largest absolute Gasteiger partial charge is 0.316 e. The lowest BCUT2D eigenvalue weighted by molar-refractivity contribution is 0.712. The first-order valence-corrected chi connectivity index (χ1v) is 7.59. The second kappa shape index (κ2) is 5.22. The molecule has 3 rings (SSSR count). The van der Waals surface area contributed by atoms with Gasteiger partial charge in [0, 0.05) is 25.4 Å². The van der Waals surface area contributed by atoms with E-state index in [1.807, 2.05) is 29.5 Å². The van der Waals surface area contributed by atoms with Crippen LogP contribution in [-0.4, -0.2) is 13.1 Å². The molecule has 1 N–H and O–H groups in total. The van der Waals surface area contributed by atoms with Gasteiger partial charge in [-0.2, -0.15) is 0 Å². The Bertz CT molecular complexity index is 554. The Balaban J connectivity index is 2.04. The van der Waals surface area contributed by atoms with Crippen molar-refractivity contribution < 1.29 is 0 Å². The van der Waals surface area contributed by atoms with Crippen LogP contribution >= 0.6 is 34.5 Å². The van der Waals surface area contributed by atoms with Gasteiger partial charge in [-0.05, 0) is 55.8 Å². The van der Waals surface area contributed by atoms with Crippen molar-refractivity contribution in [1.29, 1.82) is 0 Å². The fourth-order valence-electron chi connectivity index (χ4n) is 2.26. The third-order valence-electron chi connectivity index (χ3n) is 3.19. The van der Waals surface area contributed by atoms with Crippen LogP contribution in [0.3, 0.4) is 0 Å². The van der Waals surface area contributed by atoms with Crippen LogP contribution in [0.1, 0.15) is 10.4 Å². The Labute approximate surface area is 121 Å². The summed E-state index contributed by atoms with van der Waals surface area (Å²) in [7, 11) is 0. The Kier molecular flexibility index (Phi) is 3.62. The van der Waals surface area contributed by atoms with Gasteiger partial charge in [0.2, 0.25) is 0 Å². The topological polar surface area (TPSA) is 12.0 Å². The summed E-state index contributed by atoms with van der Waals surface area (Å²) in [4.78, 5) is 2.71. The Hall–Kier alpha value is -0.540. The van der Waals surface area contributed by atoms with E-state index < -0.39 is 0 Å². The molecule has 0 fully saturated rings. The molecular weight excluding hydrogens is 285 g/mol. The lowest BCUT2D eigenvalue weighted by Crippen LogP contribution is -2.16. The minimum Gasteiger partial charge on any atom is -0.316 e. The summed E-state index contributed by atoms with van der Waals surface area (Å²) in [5.41, 5.74) is 2.51. The van der Waals surface area contributed by atoms with E-state index in [0.717, 1.165) is 41.5 Å². The molecule has 0 unspecified atom stereocenters. The normalized spacial score (nSPS) is 15.2. The zero-order valence-corrected chi connectivity index (χ0v) is 12.1. The number of hydrogen-bond acceptors (Lipinski definition) is 2. The predicted molar refractivity (Wildman–Crippen MR) is 80.1 cm³/mol. The van der Waals surface area contributed by atoms with E-state index in [9.17, 15) is 0 Å². The van der Waals surface area contributed by atoms with E-state index in [2.05, 4.69) is 11.4 Å². The summed E-state index contributed by atoms with van der Waals surface area (Å²) >= 11 is 14.2. The van der Waals surface area contributed by atoms with Crippen molar-refractivity contribution >= 4 is 34.5 Å². The van der Waals surface area contributed by atoms with E-state index >= 15 is 0 Å². The first kappa shape index (κ1) is 12.5. The van der Waals surface area contributed by atoms with E-state index in [1.54, 1.807) is 0 Å². The van der Waals surface area contributed by atoms with Gasteiger partial charge in [0.05, 0.1) is 0 Å². The number of rotatable bonds is 1. The molecule has 0 radical (unpaired) electrons. The van der Waals surface area contributed by atoms with Gasteiger partial charge in [0.1, 0.15) is 0 Å². The second-order valence-electron chi connectivity index (χ2n) is 4.43. The van der Waals surface area contributed by atoms with Crippen LogP contribution in [0, 0.1) is 0 Å². The Morgan fingerprint density at radius 2 is 1.89 bits per heavy atom. The maximum atomic E-state index is 6.26. The maximum absolute atomic E-state index is 6.26. The van der Waals surface area contributed by atoms with Crippen LogP contribution in [0.4, 0.5) is 0 Å². The molecule has 2 aromatic rings. The molecule has 0 spiro atoms. The van der Waals surface area contributed by atoms with Crippen LogP contribution in [0.25, 0.3) is 10.4 Å². The van der Waals surface area contributed by atoms with Gasteiger partial charge < -0.3 is 5.32 Å². The standard InChI is InChI=1S/C14H13Cl2NS/c15-10-1-2-12(16)11(8-10)14-7-9-3-5-17-6-4-13(9)18-14/h1-2,7-8,17H,3-6H2. The average molecular weight is 298 g/mol. The maximum Gasteiger partial charge on any atom is 0.0493 e. The van der Waals surface area contributed by atoms with Crippen LogP contribution in [0.15, 0.2) is 24.3 Å². The third-order valence-corrected chi connectivity index (χ3v) is 5.03. The summed E-state index contributed by atoms with van der Waals surface area (Å²) in [5.74, 6) is 0. The molecule has 0 saturated heterocycles. The highest BCUT2D eigenvalue weighted by atomic mass is 35.5. The molecular formula is C14H13Cl2NS. The minimum absolute atomic E-state index is 0.736. The zero-order chi connectivity index (χ0) is 12.5. The third kappa shape index (κ3) is 2.43. The molecule has 0 amide bonds. The zero-order valence-electron chi connectivity index (χ0n) is 9.80. The van der Waals surface area contributed by atoms with Crippen LogP contribution < -0.4 is 5.32 Å². The number of hydrogen-bond donors (Lipinski definition) is 1. The number of fused-ring (bicyclic) bond motifs is 1. The quantitative estimate of drug-likeness (QED) is 0.822. The fraction of sp³-hybridized carbons (Fsp3) is 0.286. The predicted octanol–water partition coefficient (Wildman–Crippen LogP) is 4.41. The molecule has 0 atom stereocenters. The first-order chi connectivity index (χ1) is 8.74. The van der Waals surface area contributed by atoms with E-state index in [-0.39, 0.29) is 0 Å². The van der Waals surface area contributed by atoms with Crippen LogP contribution in [0.5, 0.6) is 0 Å². The Morgan fingerprint density at radius 1 is 1.06 bits per heavy atom. The van der Waals surface area contributed by atoms with Crippen molar-refractivity contribution in [2.24, 2.45) is 0 Å². The molecule has 0 saturated carbocycles. The number of nitrogens with one attached hydrogen (secondary N) is 1. The van der Waals surface area contributed by atoms with Crippen molar-refractivity contribution in [3.05, 3.63) is 44.8 Å². The highest BCUT2D eigenvalue weighted by Crippen LogP contribution is 2.37. The highest BCUT2D eigenvalue weighted by Gasteiger charge is 2.14.